The molecule has 0 radical (unpaired) electrons. The molecule has 166 valence electrons. The molecule has 5 atom stereocenters. The second-order valence-electron chi connectivity index (χ2n) is 8.50. The molecule has 2 amide bonds. The maximum absolute atomic E-state index is 13.9. The van der Waals surface area contributed by atoms with Crippen LogP contribution in [0.1, 0.15) is 24.8 Å². The summed E-state index contributed by atoms with van der Waals surface area (Å²) in [6.45, 7) is 4.45. The van der Waals surface area contributed by atoms with Crippen molar-refractivity contribution in [3.8, 4) is 0 Å². The van der Waals surface area contributed by atoms with Crippen molar-refractivity contribution < 1.29 is 29.3 Å². The van der Waals surface area contributed by atoms with Crippen molar-refractivity contribution in [2.75, 3.05) is 19.7 Å². The number of benzene rings is 1. The number of hydrogen-bond donors (Lipinski definition) is 2. The summed E-state index contributed by atoms with van der Waals surface area (Å²) in [5.41, 5.74) is -0.189. The standard InChI is InChI=1S/C23H28N2O6/c1-2-11-24(14-15-7-4-3-5-8-15)21(28)19-23-10-9-16(31-23)17(22(29)30)18(23)20(27)25(19)12-6-13-26/h2-5,7-8,16-19,26H,1,6,9-14H2,(H,29,30)/t16-,17+,18+,19?,23?/m1/s1. The van der Waals surface area contributed by atoms with E-state index in [0.29, 0.717) is 32.4 Å². The lowest BCUT2D eigenvalue weighted by atomic mass is 9.70. The number of ether oxygens (including phenoxy) is 1. The van der Waals surface area contributed by atoms with Gasteiger partial charge in [-0.1, -0.05) is 36.4 Å². The van der Waals surface area contributed by atoms with Gasteiger partial charge >= 0.3 is 5.97 Å². The molecular weight excluding hydrogens is 400 g/mol. The van der Waals surface area contributed by atoms with Gasteiger partial charge in [-0.25, -0.2) is 0 Å². The Kier molecular flexibility index (Phi) is 5.85. The van der Waals surface area contributed by atoms with Crippen molar-refractivity contribution in [3.63, 3.8) is 0 Å². The smallest absolute Gasteiger partial charge is 0.310 e. The highest BCUT2D eigenvalue weighted by molar-refractivity contribution is 5.98. The monoisotopic (exact) mass is 428 g/mol. The van der Waals surface area contributed by atoms with E-state index in [-0.39, 0.29) is 25.0 Å². The normalized spacial score (nSPS) is 31.0. The Morgan fingerprint density at radius 2 is 2.06 bits per heavy atom. The van der Waals surface area contributed by atoms with E-state index in [9.17, 15) is 24.6 Å². The first kappa shape index (κ1) is 21.5. The number of aliphatic hydroxyl groups is 1. The van der Waals surface area contributed by atoms with Gasteiger partial charge in [-0.05, 0) is 24.8 Å². The largest absolute Gasteiger partial charge is 0.481 e. The van der Waals surface area contributed by atoms with E-state index in [1.165, 1.54) is 4.90 Å². The van der Waals surface area contributed by atoms with Crippen LogP contribution in [0, 0.1) is 11.8 Å². The number of carbonyl (C=O) groups excluding carboxylic acids is 2. The van der Waals surface area contributed by atoms with E-state index < -0.39 is 35.6 Å². The molecule has 3 fully saturated rings. The Labute approximate surface area is 181 Å². The van der Waals surface area contributed by atoms with Crippen molar-refractivity contribution >= 4 is 17.8 Å². The van der Waals surface area contributed by atoms with Crippen LogP contribution in [0.2, 0.25) is 0 Å². The molecule has 0 aromatic heterocycles. The average molecular weight is 428 g/mol. The van der Waals surface area contributed by atoms with Crippen LogP contribution >= 0.6 is 0 Å². The molecule has 2 unspecified atom stereocenters. The van der Waals surface area contributed by atoms with Gasteiger partial charge in [0.25, 0.3) is 0 Å². The highest BCUT2D eigenvalue weighted by Gasteiger charge is 2.74. The number of hydrogen-bond acceptors (Lipinski definition) is 5. The molecule has 0 saturated carbocycles. The third-order valence-electron chi connectivity index (χ3n) is 6.75. The molecule has 31 heavy (non-hydrogen) atoms. The van der Waals surface area contributed by atoms with Crippen LogP contribution in [-0.2, 0) is 25.7 Å². The third-order valence-corrected chi connectivity index (χ3v) is 6.75. The fraction of sp³-hybridized carbons (Fsp3) is 0.522. The van der Waals surface area contributed by atoms with Gasteiger partial charge in [0, 0.05) is 26.2 Å². The highest BCUT2D eigenvalue weighted by Crippen LogP contribution is 2.58. The number of aliphatic hydroxyl groups excluding tert-OH is 1. The van der Waals surface area contributed by atoms with Gasteiger partial charge in [-0.15, -0.1) is 6.58 Å². The maximum Gasteiger partial charge on any atom is 0.310 e. The van der Waals surface area contributed by atoms with Crippen molar-refractivity contribution in [3.05, 3.63) is 48.6 Å². The van der Waals surface area contributed by atoms with Gasteiger partial charge in [0.2, 0.25) is 11.8 Å². The van der Waals surface area contributed by atoms with Crippen LogP contribution in [0.15, 0.2) is 43.0 Å². The van der Waals surface area contributed by atoms with Gasteiger partial charge in [-0.3, -0.25) is 14.4 Å². The first-order valence-corrected chi connectivity index (χ1v) is 10.7. The molecule has 3 aliphatic heterocycles. The fourth-order valence-corrected chi connectivity index (χ4v) is 5.56. The van der Waals surface area contributed by atoms with Crippen LogP contribution in [0.25, 0.3) is 0 Å². The van der Waals surface area contributed by atoms with Crippen molar-refractivity contribution in [1.82, 2.24) is 9.80 Å². The Balaban J connectivity index is 1.70. The second-order valence-corrected chi connectivity index (χ2v) is 8.50. The molecule has 2 N–H and O–H groups in total. The quantitative estimate of drug-likeness (QED) is 0.569. The van der Waals surface area contributed by atoms with Gasteiger partial charge in [0.05, 0.1) is 17.9 Å². The molecule has 8 heteroatoms. The number of rotatable bonds is 9. The van der Waals surface area contributed by atoms with E-state index in [2.05, 4.69) is 6.58 Å². The zero-order valence-electron chi connectivity index (χ0n) is 17.4. The van der Waals surface area contributed by atoms with E-state index in [1.54, 1.807) is 11.0 Å². The van der Waals surface area contributed by atoms with Crippen LogP contribution in [0.3, 0.4) is 0 Å². The minimum absolute atomic E-state index is 0.130. The molecular formula is C23H28N2O6. The van der Waals surface area contributed by atoms with Crippen LogP contribution < -0.4 is 0 Å². The van der Waals surface area contributed by atoms with Gasteiger partial charge in [-0.2, -0.15) is 0 Å². The summed E-state index contributed by atoms with van der Waals surface area (Å²) in [7, 11) is 0. The molecule has 1 aromatic carbocycles. The van der Waals surface area contributed by atoms with Crippen molar-refractivity contribution in [1.29, 1.82) is 0 Å². The highest BCUT2D eigenvalue weighted by atomic mass is 16.5. The summed E-state index contributed by atoms with van der Waals surface area (Å²) in [5, 5.41) is 19.1. The number of aliphatic carboxylic acids is 1. The summed E-state index contributed by atoms with van der Waals surface area (Å²) in [6, 6.07) is 8.63. The average Bonchev–Trinajstić information content (AvgIpc) is 3.39. The van der Waals surface area contributed by atoms with E-state index >= 15 is 0 Å². The summed E-state index contributed by atoms with van der Waals surface area (Å²) in [6.07, 6.45) is 2.37. The van der Waals surface area contributed by atoms with E-state index in [4.69, 9.17) is 4.74 Å². The molecule has 1 spiro atoms. The van der Waals surface area contributed by atoms with Crippen molar-refractivity contribution in [2.45, 2.75) is 43.6 Å². The van der Waals surface area contributed by atoms with E-state index in [1.807, 2.05) is 30.3 Å². The Morgan fingerprint density at radius 1 is 1.32 bits per heavy atom. The number of likely N-dealkylation sites (tertiary alicyclic amines) is 1. The molecule has 4 rings (SSSR count). The Morgan fingerprint density at radius 3 is 2.71 bits per heavy atom. The molecule has 1 aromatic rings. The third kappa shape index (κ3) is 3.43. The van der Waals surface area contributed by atoms with Gasteiger partial charge < -0.3 is 24.7 Å². The first-order valence-electron chi connectivity index (χ1n) is 10.7. The first-order chi connectivity index (χ1) is 14.9. The Hall–Kier alpha value is -2.71. The fourth-order valence-electron chi connectivity index (χ4n) is 5.56. The lowest BCUT2D eigenvalue weighted by molar-refractivity contribution is -0.151. The summed E-state index contributed by atoms with van der Waals surface area (Å²) in [4.78, 5) is 42.2. The molecule has 8 nitrogen and oxygen atoms in total. The molecule has 3 aliphatic rings. The number of amides is 2. The predicted molar refractivity (Wildman–Crippen MR) is 111 cm³/mol. The number of carboxylic acid groups (broad SMARTS) is 1. The van der Waals surface area contributed by atoms with Crippen molar-refractivity contribution in [2.24, 2.45) is 11.8 Å². The maximum atomic E-state index is 13.9. The van der Waals surface area contributed by atoms with Crippen LogP contribution in [0.5, 0.6) is 0 Å². The number of fused-ring (bicyclic) bond motifs is 1. The molecule has 2 bridgehead atoms. The Bertz CT molecular complexity index is 874. The van der Waals surface area contributed by atoms with Gasteiger partial charge in [0.15, 0.2) is 0 Å². The van der Waals surface area contributed by atoms with E-state index in [0.717, 1.165) is 5.56 Å². The number of carbonyl (C=O) groups is 3. The second kappa shape index (κ2) is 8.43. The van der Waals surface area contributed by atoms with Gasteiger partial charge in [0.1, 0.15) is 11.6 Å². The minimum Gasteiger partial charge on any atom is -0.481 e. The summed E-state index contributed by atoms with van der Waals surface area (Å²) < 4.78 is 6.17. The van der Waals surface area contributed by atoms with Crippen LogP contribution in [0.4, 0.5) is 0 Å². The molecule has 3 heterocycles. The lowest BCUT2D eigenvalue weighted by Gasteiger charge is -2.36. The topological polar surface area (TPSA) is 107 Å². The zero-order chi connectivity index (χ0) is 22.2. The van der Waals surface area contributed by atoms with Crippen LogP contribution in [-0.4, -0.2) is 75.2 Å². The molecule has 3 saturated heterocycles. The zero-order valence-corrected chi connectivity index (χ0v) is 17.4. The number of nitrogens with zero attached hydrogens (tertiary/aromatic N) is 2. The number of carboxylic acids is 1. The molecule has 0 aliphatic carbocycles. The minimum atomic E-state index is -1.13. The summed E-state index contributed by atoms with van der Waals surface area (Å²) >= 11 is 0. The predicted octanol–water partition coefficient (Wildman–Crippen LogP) is 1.04. The SMILES string of the molecule is C=CCN(Cc1ccccc1)C(=O)C1N(CCCO)C(=O)[C@@H]2[C@@H](C(=O)O)[C@H]3CCC12O3. The lowest BCUT2D eigenvalue weighted by Crippen LogP contribution is -2.56. The summed E-state index contributed by atoms with van der Waals surface area (Å²) in [5.74, 6) is -3.52.